The van der Waals surface area contributed by atoms with Gasteiger partial charge in [0.15, 0.2) is 11.5 Å². The third kappa shape index (κ3) is 7.40. The Kier molecular flexibility index (Phi) is 9.86. The van der Waals surface area contributed by atoms with Crippen LogP contribution in [0.2, 0.25) is 0 Å². The van der Waals surface area contributed by atoms with Crippen LogP contribution in [0.4, 0.5) is 4.39 Å². The topological polar surface area (TPSA) is 69.2 Å². The third-order valence-electron chi connectivity index (χ3n) is 4.60. The zero-order valence-electron chi connectivity index (χ0n) is 18.9. The van der Waals surface area contributed by atoms with Crippen LogP contribution in [-0.4, -0.2) is 25.3 Å². The van der Waals surface area contributed by atoms with Gasteiger partial charge in [-0.05, 0) is 59.3 Å². The van der Waals surface area contributed by atoms with E-state index in [4.69, 9.17) is 14.2 Å². The molecule has 3 rings (SSSR count). The van der Waals surface area contributed by atoms with Crippen LogP contribution in [0.25, 0.3) is 0 Å². The number of carbonyl (C=O) groups excluding carboxylic acids is 1. The van der Waals surface area contributed by atoms with Gasteiger partial charge in [-0.3, -0.25) is 4.79 Å². The summed E-state index contributed by atoms with van der Waals surface area (Å²) in [5.41, 5.74) is 3.85. The van der Waals surface area contributed by atoms with Gasteiger partial charge in [0.05, 0.1) is 17.3 Å². The van der Waals surface area contributed by atoms with E-state index in [1.807, 2.05) is 6.92 Å². The number of amides is 1. The van der Waals surface area contributed by atoms with Gasteiger partial charge in [-0.2, -0.15) is 5.10 Å². The van der Waals surface area contributed by atoms with Gasteiger partial charge in [-0.25, -0.2) is 9.82 Å². The van der Waals surface area contributed by atoms with Crippen LogP contribution < -0.4 is 19.6 Å². The van der Waals surface area contributed by atoms with Crippen molar-refractivity contribution in [3.8, 4) is 17.2 Å². The summed E-state index contributed by atoms with van der Waals surface area (Å²) >= 11 is 6.90. The van der Waals surface area contributed by atoms with E-state index in [0.717, 1.165) is 4.47 Å². The maximum atomic E-state index is 14.0. The number of nitrogens with one attached hydrogen (secondary N) is 1. The van der Waals surface area contributed by atoms with Crippen molar-refractivity contribution in [2.45, 2.75) is 13.5 Å². The van der Waals surface area contributed by atoms with Crippen molar-refractivity contribution < 1.29 is 23.4 Å². The summed E-state index contributed by atoms with van der Waals surface area (Å²) in [5, 5.41) is 4.08. The highest BCUT2D eigenvalue weighted by molar-refractivity contribution is 9.11. The van der Waals surface area contributed by atoms with E-state index in [1.54, 1.807) is 54.6 Å². The Bertz CT molecular complexity index is 1230. The van der Waals surface area contributed by atoms with Gasteiger partial charge >= 0.3 is 0 Å². The van der Waals surface area contributed by atoms with Gasteiger partial charge in [0.2, 0.25) is 0 Å². The van der Waals surface area contributed by atoms with Crippen LogP contribution in [0.1, 0.15) is 28.4 Å². The smallest absolute Gasteiger partial charge is 0.271 e. The van der Waals surface area contributed by atoms with Gasteiger partial charge in [-0.1, -0.05) is 46.8 Å². The van der Waals surface area contributed by atoms with Crippen LogP contribution in [0.5, 0.6) is 17.2 Å². The average Bonchev–Trinajstić information content (AvgIpc) is 2.83. The predicted molar refractivity (Wildman–Crippen MR) is 141 cm³/mol. The monoisotopic (exact) mass is 604 g/mol. The summed E-state index contributed by atoms with van der Waals surface area (Å²) in [6.45, 7) is 6.23. The van der Waals surface area contributed by atoms with Gasteiger partial charge in [-0.15, -0.1) is 0 Å². The molecular weight excluding hydrogens is 583 g/mol. The third-order valence-corrected chi connectivity index (χ3v) is 5.65. The fraction of sp³-hybridized carbons (Fsp3) is 0.154. The molecule has 0 radical (unpaired) electrons. The summed E-state index contributed by atoms with van der Waals surface area (Å²) in [4.78, 5) is 12.7. The Balaban J connectivity index is 1.75. The van der Waals surface area contributed by atoms with Crippen molar-refractivity contribution in [3.63, 3.8) is 0 Å². The maximum absolute atomic E-state index is 14.0. The highest BCUT2D eigenvalue weighted by Gasteiger charge is 2.13. The Morgan fingerprint density at radius 1 is 1.09 bits per heavy atom. The first kappa shape index (κ1) is 26.4. The number of halogens is 3. The quantitative estimate of drug-likeness (QED) is 0.151. The number of carbonyl (C=O) groups is 1. The number of ether oxygens (including phenoxy) is 3. The zero-order chi connectivity index (χ0) is 25.2. The Hall–Kier alpha value is -3.17. The molecule has 1 N–H and O–H groups in total. The molecule has 35 heavy (non-hydrogen) atoms. The lowest BCUT2D eigenvalue weighted by Gasteiger charge is -2.13. The number of benzene rings is 3. The maximum Gasteiger partial charge on any atom is 0.271 e. The van der Waals surface area contributed by atoms with Gasteiger partial charge in [0.1, 0.15) is 24.8 Å². The molecule has 182 valence electrons. The van der Waals surface area contributed by atoms with Gasteiger partial charge < -0.3 is 14.2 Å². The number of hydrazone groups is 1. The molecule has 0 spiro atoms. The minimum absolute atomic E-state index is 0.0284. The van der Waals surface area contributed by atoms with Crippen LogP contribution in [0.3, 0.4) is 0 Å². The minimum Gasteiger partial charge on any atom is -0.490 e. The molecule has 0 saturated carbocycles. The van der Waals surface area contributed by atoms with E-state index in [1.165, 1.54) is 12.3 Å². The SMILES string of the molecule is C=CCOc1ccc(C(=O)N/N=C/c2cc(Br)cc(Br)c2OCc2ccccc2F)cc1OCC. The molecule has 0 unspecified atom stereocenters. The molecule has 1 amide bonds. The van der Waals surface area contributed by atoms with Crippen molar-refractivity contribution in [1.29, 1.82) is 0 Å². The lowest BCUT2D eigenvalue weighted by atomic mass is 10.2. The summed E-state index contributed by atoms with van der Waals surface area (Å²) in [7, 11) is 0. The number of hydrogen-bond donors (Lipinski definition) is 1. The van der Waals surface area contributed by atoms with E-state index in [-0.39, 0.29) is 12.4 Å². The first-order valence-electron chi connectivity index (χ1n) is 10.6. The molecule has 3 aromatic rings. The highest BCUT2D eigenvalue weighted by atomic mass is 79.9. The Labute approximate surface area is 220 Å². The summed E-state index contributed by atoms with van der Waals surface area (Å²) < 4.78 is 32.4. The van der Waals surface area contributed by atoms with Crippen molar-refractivity contribution in [2.75, 3.05) is 13.2 Å². The molecule has 0 aliphatic rings. The minimum atomic E-state index is -0.430. The Morgan fingerprint density at radius 3 is 2.63 bits per heavy atom. The van der Waals surface area contributed by atoms with Gasteiger partial charge in [0.25, 0.3) is 5.91 Å². The highest BCUT2D eigenvalue weighted by Crippen LogP contribution is 2.33. The average molecular weight is 606 g/mol. The number of rotatable bonds is 11. The van der Waals surface area contributed by atoms with Gasteiger partial charge in [0, 0.05) is 21.2 Å². The van der Waals surface area contributed by atoms with Crippen LogP contribution >= 0.6 is 31.9 Å². The van der Waals surface area contributed by atoms with E-state index >= 15 is 0 Å². The molecule has 0 saturated heterocycles. The van der Waals surface area contributed by atoms with Crippen molar-refractivity contribution in [3.05, 3.63) is 98.7 Å². The molecule has 0 aliphatic heterocycles. The summed E-state index contributed by atoms with van der Waals surface area (Å²) in [6.07, 6.45) is 3.08. The summed E-state index contributed by atoms with van der Waals surface area (Å²) in [6, 6.07) is 14.8. The van der Waals surface area contributed by atoms with Crippen molar-refractivity contribution >= 4 is 44.0 Å². The lowest BCUT2D eigenvalue weighted by molar-refractivity contribution is 0.0954. The fourth-order valence-electron chi connectivity index (χ4n) is 3.00. The van der Waals surface area contributed by atoms with E-state index < -0.39 is 5.91 Å². The van der Waals surface area contributed by atoms with E-state index in [0.29, 0.717) is 51.6 Å². The number of hydrogen-bond acceptors (Lipinski definition) is 5. The molecule has 0 bridgehead atoms. The predicted octanol–water partition coefficient (Wildman–Crippen LogP) is 6.66. The largest absolute Gasteiger partial charge is 0.490 e. The molecule has 0 aliphatic carbocycles. The molecule has 0 fully saturated rings. The molecule has 0 aromatic heterocycles. The fourth-order valence-corrected chi connectivity index (χ4v) is 4.38. The molecular formula is C26H23Br2FN2O4. The van der Waals surface area contributed by atoms with Crippen molar-refractivity contribution in [2.24, 2.45) is 5.10 Å². The number of nitrogens with zero attached hydrogens (tertiary/aromatic N) is 1. The molecule has 0 atom stereocenters. The normalized spacial score (nSPS) is 10.7. The second-order valence-corrected chi connectivity index (χ2v) is 8.85. The first-order valence-corrected chi connectivity index (χ1v) is 12.2. The molecule has 9 heteroatoms. The molecule has 3 aromatic carbocycles. The summed E-state index contributed by atoms with van der Waals surface area (Å²) in [5.74, 6) is 0.640. The second-order valence-electron chi connectivity index (χ2n) is 7.08. The molecule has 6 nitrogen and oxygen atoms in total. The Morgan fingerprint density at radius 2 is 1.89 bits per heavy atom. The standard InChI is InChI=1S/C26H23Br2FN2O4/c1-3-11-34-23-10-9-17(13-24(23)33-4-2)26(32)31-30-15-19-12-20(27)14-21(28)25(19)35-16-18-7-5-6-8-22(18)29/h3,5-10,12-15H,1,4,11,16H2,2H3,(H,31,32)/b30-15+. The zero-order valence-corrected chi connectivity index (χ0v) is 22.1. The van der Waals surface area contributed by atoms with Crippen molar-refractivity contribution in [1.82, 2.24) is 5.43 Å². The molecule has 0 heterocycles. The lowest BCUT2D eigenvalue weighted by Crippen LogP contribution is -2.18. The van der Waals surface area contributed by atoms with Crippen LogP contribution in [0, 0.1) is 5.82 Å². The second kappa shape index (κ2) is 13.1. The first-order chi connectivity index (χ1) is 16.9. The van der Waals surface area contributed by atoms with E-state index in [9.17, 15) is 9.18 Å². The van der Waals surface area contributed by atoms with Crippen LogP contribution in [0.15, 0.2) is 81.3 Å². The van der Waals surface area contributed by atoms with E-state index in [2.05, 4.69) is 49.0 Å². The van der Waals surface area contributed by atoms with Crippen LogP contribution in [-0.2, 0) is 6.61 Å².